The van der Waals surface area contributed by atoms with E-state index in [0.717, 1.165) is 12.0 Å². The molecule has 0 atom stereocenters. The summed E-state index contributed by atoms with van der Waals surface area (Å²) in [5, 5.41) is 0. The Morgan fingerprint density at radius 1 is 1.19 bits per heavy atom. The van der Waals surface area contributed by atoms with Gasteiger partial charge in [0.25, 0.3) is 0 Å². The fourth-order valence-corrected chi connectivity index (χ4v) is 2.24. The zero-order chi connectivity index (χ0) is 15.1. The number of amides is 1. The highest BCUT2D eigenvalue weighted by atomic mass is 16.2. The molecule has 2 N–H and O–H groups in total. The maximum atomic E-state index is 12.4. The van der Waals surface area contributed by atoms with Gasteiger partial charge in [0.2, 0.25) is 5.91 Å². The Labute approximate surface area is 125 Å². The number of para-hydroxylation sites is 1. The Kier molecular flexibility index (Phi) is 5.32. The Bertz CT molecular complexity index is 584. The number of benzene rings is 1. The minimum absolute atomic E-state index is 0.115. The third kappa shape index (κ3) is 4.31. The van der Waals surface area contributed by atoms with Crippen LogP contribution in [0.3, 0.4) is 0 Å². The van der Waals surface area contributed by atoms with Gasteiger partial charge in [0, 0.05) is 31.2 Å². The number of aromatic nitrogens is 1. The van der Waals surface area contributed by atoms with Crippen LogP contribution in [0.5, 0.6) is 0 Å². The molecule has 0 aliphatic carbocycles. The Hall–Kier alpha value is -2.36. The first-order chi connectivity index (χ1) is 10.2. The van der Waals surface area contributed by atoms with Gasteiger partial charge in [-0.1, -0.05) is 18.2 Å². The van der Waals surface area contributed by atoms with Crippen molar-refractivity contribution in [2.24, 2.45) is 0 Å². The van der Waals surface area contributed by atoms with Crippen molar-refractivity contribution in [2.45, 2.75) is 19.8 Å². The highest BCUT2D eigenvalue weighted by Gasteiger charge is 2.13. The van der Waals surface area contributed by atoms with Crippen molar-refractivity contribution in [3.8, 4) is 0 Å². The Balaban J connectivity index is 1.94. The molecule has 2 aromatic rings. The molecule has 2 rings (SSSR count). The van der Waals surface area contributed by atoms with Crippen LogP contribution < -0.4 is 5.73 Å². The highest BCUT2D eigenvalue weighted by Crippen LogP contribution is 2.12. The number of nitrogen functional groups attached to an aromatic ring is 1. The van der Waals surface area contributed by atoms with Gasteiger partial charge in [-0.25, -0.2) is 0 Å². The van der Waals surface area contributed by atoms with E-state index in [1.807, 2.05) is 48.2 Å². The van der Waals surface area contributed by atoms with Crippen LogP contribution in [-0.2, 0) is 17.6 Å². The normalized spacial score (nSPS) is 10.3. The lowest BCUT2D eigenvalue weighted by atomic mass is 10.1. The number of hydrogen-bond acceptors (Lipinski definition) is 3. The monoisotopic (exact) mass is 283 g/mol. The van der Waals surface area contributed by atoms with Crippen LogP contribution in [0.2, 0.25) is 0 Å². The maximum Gasteiger partial charge on any atom is 0.227 e. The van der Waals surface area contributed by atoms with Gasteiger partial charge in [-0.05, 0) is 42.7 Å². The number of nitrogens with zero attached hydrogens (tertiary/aromatic N) is 2. The predicted molar refractivity (Wildman–Crippen MR) is 84.8 cm³/mol. The lowest BCUT2D eigenvalue weighted by Gasteiger charge is -2.21. The summed E-state index contributed by atoms with van der Waals surface area (Å²) in [6.45, 7) is 3.42. The maximum absolute atomic E-state index is 12.4. The van der Waals surface area contributed by atoms with E-state index in [0.29, 0.717) is 25.2 Å². The molecule has 0 spiro atoms. The average molecular weight is 283 g/mol. The Morgan fingerprint density at radius 3 is 2.57 bits per heavy atom. The first kappa shape index (κ1) is 15.0. The number of pyridine rings is 1. The molecular weight excluding hydrogens is 262 g/mol. The van der Waals surface area contributed by atoms with Gasteiger partial charge < -0.3 is 10.6 Å². The van der Waals surface area contributed by atoms with Crippen molar-refractivity contribution < 1.29 is 4.79 Å². The van der Waals surface area contributed by atoms with Crippen LogP contribution in [0, 0.1) is 0 Å². The highest BCUT2D eigenvalue weighted by molar-refractivity contribution is 5.80. The summed E-state index contributed by atoms with van der Waals surface area (Å²) in [5.41, 5.74) is 8.66. The molecule has 0 aliphatic rings. The van der Waals surface area contributed by atoms with E-state index >= 15 is 0 Å². The second-order valence-electron chi connectivity index (χ2n) is 4.95. The van der Waals surface area contributed by atoms with E-state index in [2.05, 4.69) is 4.98 Å². The second-order valence-corrected chi connectivity index (χ2v) is 4.95. The van der Waals surface area contributed by atoms with Crippen molar-refractivity contribution in [3.63, 3.8) is 0 Å². The van der Waals surface area contributed by atoms with Gasteiger partial charge in [0.1, 0.15) is 0 Å². The molecule has 4 heteroatoms. The minimum atomic E-state index is 0.115. The van der Waals surface area contributed by atoms with Crippen LogP contribution in [0.25, 0.3) is 0 Å². The summed E-state index contributed by atoms with van der Waals surface area (Å²) in [7, 11) is 0. The fraction of sp³-hybridized carbons (Fsp3) is 0.294. The van der Waals surface area contributed by atoms with Gasteiger partial charge in [0.15, 0.2) is 0 Å². The lowest BCUT2D eigenvalue weighted by Crippen LogP contribution is -2.34. The van der Waals surface area contributed by atoms with Crippen LogP contribution in [0.1, 0.15) is 18.1 Å². The van der Waals surface area contributed by atoms with E-state index < -0.39 is 0 Å². The molecule has 0 bridgehead atoms. The zero-order valence-corrected chi connectivity index (χ0v) is 12.3. The van der Waals surface area contributed by atoms with E-state index in [1.165, 1.54) is 5.56 Å². The molecule has 0 fully saturated rings. The van der Waals surface area contributed by atoms with Crippen molar-refractivity contribution in [1.82, 2.24) is 9.88 Å². The zero-order valence-electron chi connectivity index (χ0n) is 12.3. The quantitative estimate of drug-likeness (QED) is 0.828. The molecule has 21 heavy (non-hydrogen) atoms. The molecule has 0 saturated heterocycles. The first-order valence-electron chi connectivity index (χ1n) is 7.20. The predicted octanol–water partition coefficient (Wildman–Crippen LogP) is 2.30. The number of likely N-dealkylation sites (N-methyl/N-ethyl adjacent to an activating group) is 1. The topological polar surface area (TPSA) is 59.2 Å². The van der Waals surface area contributed by atoms with E-state index in [-0.39, 0.29) is 5.91 Å². The molecule has 0 unspecified atom stereocenters. The van der Waals surface area contributed by atoms with Gasteiger partial charge in [0.05, 0.1) is 6.42 Å². The SMILES string of the molecule is CCN(CCc1ccncc1)C(=O)Cc1ccccc1N. The number of carbonyl (C=O) groups excluding carboxylic acids is 1. The van der Waals surface area contributed by atoms with Crippen LogP contribution in [0.4, 0.5) is 5.69 Å². The standard InChI is InChI=1S/C17H21N3O/c1-2-20(12-9-14-7-10-19-11-8-14)17(21)13-15-5-3-4-6-16(15)18/h3-8,10-11H,2,9,12-13,18H2,1H3. The van der Waals surface area contributed by atoms with Crippen molar-refractivity contribution in [3.05, 3.63) is 59.9 Å². The molecule has 1 aromatic heterocycles. The van der Waals surface area contributed by atoms with Crippen LogP contribution in [-0.4, -0.2) is 28.9 Å². The van der Waals surface area contributed by atoms with Crippen LogP contribution >= 0.6 is 0 Å². The lowest BCUT2D eigenvalue weighted by molar-refractivity contribution is -0.130. The molecule has 0 aliphatic heterocycles. The summed E-state index contributed by atoms with van der Waals surface area (Å²) < 4.78 is 0. The second kappa shape index (κ2) is 7.43. The number of rotatable bonds is 6. The molecule has 1 heterocycles. The van der Waals surface area contributed by atoms with E-state index in [4.69, 9.17) is 5.73 Å². The van der Waals surface area contributed by atoms with Gasteiger partial charge >= 0.3 is 0 Å². The average Bonchev–Trinajstić information content (AvgIpc) is 2.51. The van der Waals surface area contributed by atoms with Gasteiger partial charge in [-0.2, -0.15) is 0 Å². The minimum Gasteiger partial charge on any atom is -0.398 e. The fourth-order valence-electron chi connectivity index (χ4n) is 2.24. The van der Waals surface area contributed by atoms with Crippen molar-refractivity contribution in [2.75, 3.05) is 18.8 Å². The molecule has 4 nitrogen and oxygen atoms in total. The third-order valence-electron chi connectivity index (χ3n) is 3.55. The molecule has 1 aromatic carbocycles. The smallest absolute Gasteiger partial charge is 0.227 e. The molecule has 0 saturated carbocycles. The molecular formula is C17H21N3O. The van der Waals surface area contributed by atoms with Crippen molar-refractivity contribution in [1.29, 1.82) is 0 Å². The number of nitrogens with two attached hydrogens (primary N) is 1. The van der Waals surface area contributed by atoms with E-state index in [9.17, 15) is 4.79 Å². The third-order valence-corrected chi connectivity index (χ3v) is 3.55. The van der Waals surface area contributed by atoms with E-state index in [1.54, 1.807) is 12.4 Å². The Morgan fingerprint density at radius 2 is 1.90 bits per heavy atom. The summed E-state index contributed by atoms with van der Waals surface area (Å²) in [6, 6.07) is 11.5. The molecule has 110 valence electrons. The summed E-state index contributed by atoms with van der Waals surface area (Å²) in [6.07, 6.45) is 4.75. The number of anilines is 1. The largest absolute Gasteiger partial charge is 0.398 e. The summed E-state index contributed by atoms with van der Waals surface area (Å²) in [5.74, 6) is 0.115. The molecule has 1 amide bonds. The summed E-state index contributed by atoms with van der Waals surface area (Å²) in [4.78, 5) is 18.2. The van der Waals surface area contributed by atoms with Gasteiger partial charge in [-0.3, -0.25) is 9.78 Å². The summed E-state index contributed by atoms with van der Waals surface area (Å²) >= 11 is 0. The first-order valence-corrected chi connectivity index (χ1v) is 7.20. The number of carbonyl (C=O) groups is 1. The molecule has 0 radical (unpaired) electrons. The van der Waals surface area contributed by atoms with Crippen molar-refractivity contribution >= 4 is 11.6 Å². The van der Waals surface area contributed by atoms with Gasteiger partial charge in [-0.15, -0.1) is 0 Å². The number of hydrogen-bond donors (Lipinski definition) is 1. The van der Waals surface area contributed by atoms with Crippen LogP contribution in [0.15, 0.2) is 48.8 Å².